The number of hydrogen-bond acceptors (Lipinski definition) is 6. The van der Waals surface area contributed by atoms with Gasteiger partial charge in [0.25, 0.3) is 0 Å². The molecule has 1 atom stereocenters. The molecule has 0 radical (unpaired) electrons. The first-order valence-electron chi connectivity index (χ1n) is 9.26. The Morgan fingerprint density at radius 2 is 1.96 bits per heavy atom. The van der Waals surface area contributed by atoms with Gasteiger partial charge in [-0.3, -0.25) is 4.90 Å². The maximum Gasteiger partial charge on any atom is 0.231 e. The Morgan fingerprint density at radius 3 is 2.81 bits per heavy atom. The maximum absolute atomic E-state index is 5.56. The zero-order valence-corrected chi connectivity index (χ0v) is 15.5. The highest BCUT2D eigenvalue weighted by Gasteiger charge is 2.27. The van der Waals surface area contributed by atoms with Crippen LogP contribution in [0.3, 0.4) is 0 Å². The topological polar surface area (TPSA) is 63.4 Å². The number of aromatic nitrogens is 2. The quantitative estimate of drug-likeness (QED) is 0.726. The molecule has 3 aromatic rings. The molecular weight excluding hydrogens is 340 g/mol. The summed E-state index contributed by atoms with van der Waals surface area (Å²) in [5.74, 6) is 2.29. The van der Waals surface area contributed by atoms with Gasteiger partial charge in [0.1, 0.15) is 5.75 Å². The highest BCUT2D eigenvalue weighted by molar-refractivity contribution is 5.36. The fraction of sp³-hybridized carbons (Fsp3) is 0.333. The predicted octanol–water partition coefficient (Wildman–Crippen LogP) is 2.82. The lowest BCUT2D eigenvalue weighted by molar-refractivity contribution is 0.146. The van der Waals surface area contributed by atoms with Gasteiger partial charge in [0.15, 0.2) is 5.82 Å². The van der Waals surface area contributed by atoms with E-state index in [1.54, 1.807) is 7.11 Å². The third-order valence-corrected chi connectivity index (χ3v) is 4.91. The molecule has 140 valence electrons. The summed E-state index contributed by atoms with van der Waals surface area (Å²) in [7, 11) is 1.72. The van der Waals surface area contributed by atoms with Crippen LogP contribution in [0.15, 0.2) is 59.1 Å². The molecule has 0 spiro atoms. The summed E-state index contributed by atoms with van der Waals surface area (Å²) in [6.45, 7) is 3.39. The van der Waals surface area contributed by atoms with Crippen LogP contribution in [-0.4, -0.2) is 41.8 Å². The first-order valence-corrected chi connectivity index (χ1v) is 9.26. The van der Waals surface area contributed by atoms with Crippen LogP contribution in [0, 0.1) is 0 Å². The number of piperazine rings is 1. The van der Waals surface area contributed by atoms with Crippen molar-refractivity contribution in [1.29, 1.82) is 0 Å². The monoisotopic (exact) mass is 364 g/mol. The summed E-state index contributed by atoms with van der Waals surface area (Å²) in [5.41, 5.74) is 2.35. The largest absolute Gasteiger partial charge is 0.496 e. The third-order valence-electron chi connectivity index (χ3n) is 4.91. The summed E-state index contributed by atoms with van der Waals surface area (Å²) in [6.07, 6.45) is 0.658. The van der Waals surface area contributed by atoms with Gasteiger partial charge in [-0.05, 0) is 11.6 Å². The molecule has 1 aromatic heterocycles. The molecule has 4 rings (SSSR count). The highest BCUT2D eigenvalue weighted by Crippen LogP contribution is 2.30. The normalized spacial score (nSPS) is 17.7. The van der Waals surface area contributed by atoms with Crippen molar-refractivity contribution in [2.75, 3.05) is 26.7 Å². The van der Waals surface area contributed by atoms with E-state index in [-0.39, 0.29) is 6.04 Å². The molecule has 0 aliphatic carbocycles. The number of nitrogens with one attached hydrogen (secondary N) is 1. The molecule has 6 heteroatoms. The lowest BCUT2D eigenvalue weighted by Gasteiger charge is -2.36. The van der Waals surface area contributed by atoms with Gasteiger partial charge in [0.2, 0.25) is 5.89 Å². The molecule has 6 nitrogen and oxygen atoms in total. The number of ether oxygens (including phenoxy) is 1. The SMILES string of the molecule is COc1ccccc1C1CNCCN1Cc1noc(Cc2ccccc2)n1. The van der Waals surface area contributed by atoms with Crippen molar-refractivity contribution in [3.8, 4) is 5.75 Å². The van der Waals surface area contributed by atoms with E-state index in [9.17, 15) is 0 Å². The van der Waals surface area contributed by atoms with Crippen LogP contribution in [0.2, 0.25) is 0 Å². The van der Waals surface area contributed by atoms with Crippen molar-refractivity contribution in [2.45, 2.75) is 19.0 Å². The molecule has 1 fully saturated rings. The Hall–Kier alpha value is -2.70. The van der Waals surface area contributed by atoms with Crippen molar-refractivity contribution < 1.29 is 9.26 Å². The highest BCUT2D eigenvalue weighted by atomic mass is 16.5. The summed E-state index contributed by atoms with van der Waals surface area (Å²) < 4.78 is 11.0. The van der Waals surface area contributed by atoms with E-state index in [0.29, 0.717) is 18.9 Å². The van der Waals surface area contributed by atoms with Crippen molar-refractivity contribution in [2.24, 2.45) is 0 Å². The molecule has 1 aliphatic heterocycles. The summed E-state index contributed by atoms with van der Waals surface area (Å²) in [5, 5.41) is 7.67. The molecule has 2 aromatic carbocycles. The average molecular weight is 364 g/mol. The fourth-order valence-electron chi connectivity index (χ4n) is 3.56. The van der Waals surface area contributed by atoms with Crippen LogP contribution in [0.4, 0.5) is 0 Å². The van der Waals surface area contributed by atoms with E-state index in [1.807, 2.05) is 30.3 Å². The Labute approximate surface area is 159 Å². The second-order valence-electron chi connectivity index (χ2n) is 6.70. The second kappa shape index (κ2) is 8.33. The van der Waals surface area contributed by atoms with E-state index >= 15 is 0 Å². The minimum Gasteiger partial charge on any atom is -0.496 e. The van der Waals surface area contributed by atoms with E-state index < -0.39 is 0 Å². The van der Waals surface area contributed by atoms with Gasteiger partial charge in [-0.1, -0.05) is 53.7 Å². The molecule has 0 amide bonds. The van der Waals surface area contributed by atoms with Crippen molar-refractivity contribution in [3.63, 3.8) is 0 Å². The second-order valence-corrected chi connectivity index (χ2v) is 6.70. The number of nitrogens with zero attached hydrogens (tertiary/aromatic N) is 3. The van der Waals surface area contributed by atoms with E-state index in [0.717, 1.165) is 31.2 Å². The van der Waals surface area contributed by atoms with Crippen molar-refractivity contribution in [3.05, 3.63) is 77.4 Å². The third kappa shape index (κ3) is 4.18. The first-order chi connectivity index (χ1) is 13.3. The average Bonchev–Trinajstić information content (AvgIpc) is 3.16. The lowest BCUT2D eigenvalue weighted by Crippen LogP contribution is -2.45. The Balaban J connectivity index is 1.49. The van der Waals surface area contributed by atoms with Crippen molar-refractivity contribution >= 4 is 0 Å². The van der Waals surface area contributed by atoms with Gasteiger partial charge in [0.05, 0.1) is 26.1 Å². The Bertz CT molecular complexity index is 865. The van der Waals surface area contributed by atoms with Gasteiger partial charge in [-0.2, -0.15) is 4.98 Å². The number of para-hydroxylation sites is 1. The predicted molar refractivity (Wildman–Crippen MR) is 103 cm³/mol. The fourth-order valence-corrected chi connectivity index (χ4v) is 3.56. The lowest BCUT2D eigenvalue weighted by atomic mass is 10.0. The summed E-state index contributed by atoms with van der Waals surface area (Å²) in [6, 6.07) is 18.6. The van der Waals surface area contributed by atoms with E-state index in [2.05, 4.69) is 44.6 Å². The molecular formula is C21H24N4O2. The number of rotatable bonds is 6. The molecule has 0 saturated carbocycles. The van der Waals surface area contributed by atoms with Crippen LogP contribution < -0.4 is 10.1 Å². The van der Waals surface area contributed by atoms with Gasteiger partial charge in [-0.15, -0.1) is 0 Å². The maximum atomic E-state index is 5.56. The first kappa shape index (κ1) is 17.7. The smallest absolute Gasteiger partial charge is 0.231 e. The molecule has 27 heavy (non-hydrogen) atoms. The van der Waals surface area contributed by atoms with E-state index in [4.69, 9.17) is 9.26 Å². The van der Waals surface area contributed by atoms with Crippen molar-refractivity contribution in [1.82, 2.24) is 20.4 Å². The zero-order valence-electron chi connectivity index (χ0n) is 15.5. The standard InChI is InChI=1S/C21H24N4O2/c1-26-19-10-6-5-9-17(19)18-14-22-11-12-25(18)15-20-23-21(27-24-20)13-16-7-3-2-4-8-16/h2-10,18,22H,11-15H2,1H3. The van der Waals surface area contributed by atoms with Crippen LogP contribution in [0.25, 0.3) is 0 Å². The Morgan fingerprint density at radius 1 is 1.15 bits per heavy atom. The molecule has 0 bridgehead atoms. The number of benzene rings is 2. The number of hydrogen-bond donors (Lipinski definition) is 1. The molecule has 1 aliphatic rings. The van der Waals surface area contributed by atoms with Crippen LogP contribution >= 0.6 is 0 Å². The number of methoxy groups -OCH3 is 1. The van der Waals surface area contributed by atoms with Gasteiger partial charge < -0.3 is 14.6 Å². The van der Waals surface area contributed by atoms with Crippen LogP contribution in [-0.2, 0) is 13.0 Å². The van der Waals surface area contributed by atoms with Gasteiger partial charge in [-0.25, -0.2) is 0 Å². The van der Waals surface area contributed by atoms with Crippen LogP contribution in [0.5, 0.6) is 5.75 Å². The molecule has 1 N–H and O–H groups in total. The zero-order chi connectivity index (χ0) is 18.5. The molecule has 2 heterocycles. The summed E-state index contributed by atoms with van der Waals surface area (Å²) in [4.78, 5) is 6.98. The summed E-state index contributed by atoms with van der Waals surface area (Å²) >= 11 is 0. The molecule has 1 saturated heterocycles. The van der Waals surface area contributed by atoms with Gasteiger partial charge in [0, 0.05) is 25.2 Å². The van der Waals surface area contributed by atoms with E-state index in [1.165, 1.54) is 11.1 Å². The van der Waals surface area contributed by atoms with Crippen LogP contribution in [0.1, 0.15) is 28.9 Å². The van der Waals surface area contributed by atoms with Gasteiger partial charge >= 0.3 is 0 Å². The molecule has 1 unspecified atom stereocenters. The Kier molecular flexibility index (Phi) is 5.46. The minimum atomic E-state index is 0.214. The minimum absolute atomic E-state index is 0.214.